The fourth-order valence-corrected chi connectivity index (χ4v) is 2.66. The van der Waals surface area contributed by atoms with Crippen molar-refractivity contribution in [1.29, 1.82) is 0 Å². The number of benzene rings is 2. The zero-order valence-corrected chi connectivity index (χ0v) is 11.8. The Kier molecular flexibility index (Phi) is 3.48. The van der Waals surface area contributed by atoms with Crippen LogP contribution in [0.1, 0.15) is 22.7 Å². The molecule has 2 heteroatoms. The van der Waals surface area contributed by atoms with Gasteiger partial charge in [-0.15, -0.1) is 0 Å². The standard InChI is InChI=1S/C18H18N2/c1-13-7-3-5-9-16(13)18(19-2)15-11-14-8-4-6-10-17(14)20-12-15/h3-12,18-19H,1-2H3. The number of para-hydroxylation sites is 1. The summed E-state index contributed by atoms with van der Waals surface area (Å²) in [6.07, 6.45) is 1.97. The number of aromatic nitrogens is 1. The van der Waals surface area contributed by atoms with E-state index < -0.39 is 0 Å². The Hall–Kier alpha value is -2.19. The number of hydrogen-bond donors (Lipinski definition) is 1. The van der Waals surface area contributed by atoms with Gasteiger partial charge in [0.05, 0.1) is 11.6 Å². The highest BCUT2D eigenvalue weighted by Gasteiger charge is 2.14. The Bertz CT molecular complexity index is 734. The van der Waals surface area contributed by atoms with Gasteiger partial charge >= 0.3 is 0 Å². The molecule has 0 aliphatic rings. The highest BCUT2D eigenvalue weighted by atomic mass is 14.9. The van der Waals surface area contributed by atoms with Gasteiger partial charge in [0.25, 0.3) is 0 Å². The van der Waals surface area contributed by atoms with Gasteiger partial charge in [-0.1, -0.05) is 42.5 Å². The Morgan fingerprint density at radius 1 is 1.00 bits per heavy atom. The Morgan fingerprint density at radius 2 is 1.75 bits per heavy atom. The van der Waals surface area contributed by atoms with Crippen LogP contribution < -0.4 is 5.32 Å². The first kappa shape index (κ1) is 12.8. The monoisotopic (exact) mass is 262 g/mol. The molecular weight excluding hydrogens is 244 g/mol. The molecule has 0 aliphatic heterocycles. The normalized spacial score (nSPS) is 12.5. The third-order valence-corrected chi connectivity index (χ3v) is 3.73. The molecule has 0 amide bonds. The van der Waals surface area contributed by atoms with Gasteiger partial charge in [0, 0.05) is 11.6 Å². The molecule has 0 bridgehead atoms. The molecule has 1 atom stereocenters. The fourth-order valence-electron chi connectivity index (χ4n) is 2.66. The highest BCUT2D eigenvalue weighted by molar-refractivity contribution is 5.79. The van der Waals surface area contributed by atoms with E-state index >= 15 is 0 Å². The van der Waals surface area contributed by atoms with E-state index in [2.05, 4.69) is 59.7 Å². The molecular formula is C18H18N2. The molecule has 0 fully saturated rings. The largest absolute Gasteiger partial charge is 0.309 e. The van der Waals surface area contributed by atoms with Crippen molar-refractivity contribution in [3.63, 3.8) is 0 Å². The molecule has 20 heavy (non-hydrogen) atoms. The van der Waals surface area contributed by atoms with Gasteiger partial charge < -0.3 is 5.32 Å². The van der Waals surface area contributed by atoms with Gasteiger partial charge in [0.2, 0.25) is 0 Å². The van der Waals surface area contributed by atoms with Crippen molar-refractivity contribution in [3.05, 3.63) is 77.5 Å². The summed E-state index contributed by atoms with van der Waals surface area (Å²) < 4.78 is 0. The molecule has 100 valence electrons. The molecule has 0 saturated heterocycles. The van der Waals surface area contributed by atoms with Crippen LogP contribution in [0.25, 0.3) is 10.9 Å². The van der Waals surface area contributed by atoms with Crippen LogP contribution in [0.15, 0.2) is 60.8 Å². The van der Waals surface area contributed by atoms with Crippen LogP contribution >= 0.6 is 0 Å². The zero-order valence-electron chi connectivity index (χ0n) is 11.8. The predicted molar refractivity (Wildman–Crippen MR) is 83.8 cm³/mol. The maximum absolute atomic E-state index is 4.57. The third kappa shape index (κ3) is 2.30. The lowest BCUT2D eigenvalue weighted by molar-refractivity contribution is 0.686. The SMILES string of the molecule is CNC(c1cnc2ccccc2c1)c1ccccc1C. The number of nitrogens with zero attached hydrogens (tertiary/aromatic N) is 1. The number of nitrogens with one attached hydrogen (secondary N) is 1. The lowest BCUT2D eigenvalue weighted by atomic mass is 9.95. The highest BCUT2D eigenvalue weighted by Crippen LogP contribution is 2.26. The summed E-state index contributed by atoms with van der Waals surface area (Å²) in [4.78, 5) is 4.57. The van der Waals surface area contributed by atoms with Crippen molar-refractivity contribution in [3.8, 4) is 0 Å². The Morgan fingerprint density at radius 3 is 2.55 bits per heavy atom. The number of fused-ring (bicyclic) bond motifs is 1. The van der Waals surface area contributed by atoms with Gasteiger partial charge in [-0.25, -0.2) is 0 Å². The molecule has 1 N–H and O–H groups in total. The summed E-state index contributed by atoms with van der Waals surface area (Å²) in [6, 6.07) is 19.1. The van der Waals surface area contributed by atoms with Gasteiger partial charge in [0.15, 0.2) is 0 Å². The number of rotatable bonds is 3. The molecule has 0 radical (unpaired) electrons. The summed E-state index contributed by atoms with van der Waals surface area (Å²) in [6.45, 7) is 2.15. The minimum Gasteiger partial charge on any atom is -0.309 e. The molecule has 0 spiro atoms. The van der Waals surface area contributed by atoms with Crippen LogP contribution in [0, 0.1) is 6.92 Å². The van der Waals surface area contributed by atoms with E-state index in [4.69, 9.17) is 0 Å². The Labute approximate surface area is 119 Å². The average Bonchev–Trinajstić information content (AvgIpc) is 2.50. The quantitative estimate of drug-likeness (QED) is 0.775. The van der Waals surface area contributed by atoms with Crippen molar-refractivity contribution in [2.24, 2.45) is 0 Å². The lowest BCUT2D eigenvalue weighted by Gasteiger charge is -2.19. The molecule has 1 unspecified atom stereocenters. The first-order chi connectivity index (χ1) is 9.79. The predicted octanol–water partition coefficient (Wildman–Crippen LogP) is 3.85. The van der Waals surface area contributed by atoms with Crippen LogP contribution in [-0.2, 0) is 0 Å². The van der Waals surface area contributed by atoms with Gasteiger partial charge in [-0.3, -0.25) is 4.98 Å². The first-order valence-corrected chi connectivity index (χ1v) is 6.87. The molecule has 0 saturated carbocycles. The molecule has 2 nitrogen and oxygen atoms in total. The van der Waals surface area contributed by atoms with Crippen molar-refractivity contribution >= 4 is 10.9 Å². The summed E-state index contributed by atoms with van der Waals surface area (Å²) in [5.74, 6) is 0. The van der Waals surface area contributed by atoms with Crippen molar-refractivity contribution in [2.75, 3.05) is 7.05 Å². The minimum absolute atomic E-state index is 0.174. The fraction of sp³-hybridized carbons (Fsp3) is 0.167. The van der Waals surface area contributed by atoms with Crippen LogP contribution in [0.4, 0.5) is 0 Å². The summed E-state index contributed by atoms with van der Waals surface area (Å²) >= 11 is 0. The maximum atomic E-state index is 4.57. The second-order valence-corrected chi connectivity index (χ2v) is 5.04. The topological polar surface area (TPSA) is 24.9 Å². The second kappa shape index (κ2) is 5.43. The molecule has 0 aliphatic carbocycles. The lowest BCUT2D eigenvalue weighted by Crippen LogP contribution is -2.18. The van der Waals surface area contributed by atoms with Crippen LogP contribution in [0.2, 0.25) is 0 Å². The Balaban J connectivity index is 2.10. The second-order valence-electron chi connectivity index (χ2n) is 5.04. The molecule has 3 aromatic rings. The average molecular weight is 262 g/mol. The minimum atomic E-state index is 0.174. The van der Waals surface area contributed by atoms with E-state index in [-0.39, 0.29) is 6.04 Å². The van der Waals surface area contributed by atoms with Gasteiger partial charge in [-0.05, 0) is 42.8 Å². The first-order valence-electron chi connectivity index (χ1n) is 6.87. The van der Waals surface area contributed by atoms with Crippen molar-refractivity contribution in [2.45, 2.75) is 13.0 Å². The van der Waals surface area contributed by atoms with Crippen LogP contribution in [0.5, 0.6) is 0 Å². The van der Waals surface area contributed by atoms with Crippen molar-refractivity contribution in [1.82, 2.24) is 10.3 Å². The number of hydrogen-bond acceptors (Lipinski definition) is 2. The smallest absolute Gasteiger partial charge is 0.0702 e. The van der Waals surface area contributed by atoms with E-state index in [0.717, 1.165) is 5.52 Å². The van der Waals surface area contributed by atoms with E-state index in [1.807, 2.05) is 25.4 Å². The van der Waals surface area contributed by atoms with E-state index in [1.165, 1.54) is 22.1 Å². The van der Waals surface area contributed by atoms with Crippen LogP contribution in [-0.4, -0.2) is 12.0 Å². The summed E-state index contributed by atoms with van der Waals surface area (Å²) in [5, 5.41) is 4.58. The number of aryl methyl sites for hydroxylation is 1. The molecule has 2 aromatic carbocycles. The third-order valence-electron chi connectivity index (χ3n) is 3.73. The van der Waals surface area contributed by atoms with E-state index in [1.54, 1.807) is 0 Å². The summed E-state index contributed by atoms with van der Waals surface area (Å²) in [7, 11) is 1.99. The maximum Gasteiger partial charge on any atom is 0.0702 e. The molecule has 3 rings (SSSR count). The van der Waals surface area contributed by atoms with E-state index in [0.29, 0.717) is 0 Å². The van der Waals surface area contributed by atoms with E-state index in [9.17, 15) is 0 Å². The van der Waals surface area contributed by atoms with Crippen LogP contribution in [0.3, 0.4) is 0 Å². The van der Waals surface area contributed by atoms with Gasteiger partial charge in [-0.2, -0.15) is 0 Å². The van der Waals surface area contributed by atoms with Crippen molar-refractivity contribution < 1.29 is 0 Å². The molecule has 1 aromatic heterocycles. The zero-order chi connectivity index (χ0) is 13.9. The number of pyridine rings is 1. The molecule has 1 heterocycles. The van der Waals surface area contributed by atoms with Gasteiger partial charge in [0.1, 0.15) is 0 Å². The summed E-state index contributed by atoms with van der Waals surface area (Å²) in [5.41, 5.74) is 4.82.